The van der Waals surface area contributed by atoms with Crippen LogP contribution in [0.1, 0.15) is 12.5 Å². The summed E-state index contributed by atoms with van der Waals surface area (Å²) >= 11 is 6.11. The molecule has 7 nitrogen and oxygen atoms in total. The third kappa shape index (κ3) is 7.73. The van der Waals surface area contributed by atoms with Crippen LogP contribution in [0.5, 0.6) is 0 Å². The van der Waals surface area contributed by atoms with Gasteiger partial charge in [0.2, 0.25) is 5.82 Å². The normalized spacial score (nSPS) is 8.85. The van der Waals surface area contributed by atoms with Crippen LogP contribution in [0.15, 0.2) is 45.3 Å². The molecule has 26 heavy (non-hydrogen) atoms. The fraction of sp³-hybridized carbons (Fsp3) is 0.200. The van der Waals surface area contributed by atoms with Crippen molar-refractivity contribution in [1.82, 2.24) is 0 Å². The van der Waals surface area contributed by atoms with E-state index in [2.05, 4.69) is 37.6 Å². The molecule has 0 aliphatic carbocycles. The minimum Gasteiger partial charge on any atom is -0.333 e. The van der Waals surface area contributed by atoms with Crippen LogP contribution < -0.4 is 5.73 Å². The number of hydrogen-bond acceptors (Lipinski definition) is 5. The maximum Gasteiger partial charge on any atom is 0.305 e. The average molecular weight is 518 g/mol. The van der Waals surface area contributed by atoms with E-state index in [1.165, 1.54) is 25.2 Å². The molecule has 0 atom stereocenters. The van der Waals surface area contributed by atoms with Crippen LogP contribution >= 0.6 is 44.3 Å². The number of nitrogens with zero attached hydrogens (tertiary/aromatic N) is 2. The zero-order valence-corrected chi connectivity index (χ0v) is 17.8. The van der Waals surface area contributed by atoms with Crippen molar-refractivity contribution >= 4 is 55.6 Å². The van der Waals surface area contributed by atoms with Gasteiger partial charge >= 0.3 is 5.69 Å². The van der Waals surface area contributed by atoms with Crippen molar-refractivity contribution in [3.63, 3.8) is 0 Å². The van der Waals surface area contributed by atoms with Crippen LogP contribution in [0.4, 0.5) is 15.8 Å². The maximum absolute atomic E-state index is 12.8. The Morgan fingerprint density at radius 3 is 1.73 bits per heavy atom. The van der Waals surface area contributed by atoms with Gasteiger partial charge in [-0.05, 0) is 41.5 Å². The van der Waals surface area contributed by atoms with Crippen LogP contribution in [-0.4, -0.2) is 16.9 Å². The number of halogens is 4. The molecule has 2 rings (SSSR count). The van der Waals surface area contributed by atoms with Crippen molar-refractivity contribution in [2.24, 2.45) is 5.73 Å². The fourth-order valence-electron chi connectivity index (χ4n) is 1.70. The van der Waals surface area contributed by atoms with E-state index in [0.717, 1.165) is 16.1 Å². The minimum absolute atomic E-state index is 0. The molecular weight excluding hydrogens is 500 g/mol. The molecule has 2 aromatic rings. The second kappa shape index (κ2) is 13.6. The number of nitro groups is 2. The molecule has 0 heterocycles. The molecular formula is C15H17Br2ClFN3O4. The second-order valence-electron chi connectivity index (χ2n) is 4.18. The Kier molecular flexibility index (Phi) is 13.9. The van der Waals surface area contributed by atoms with Crippen molar-refractivity contribution < 1.29 is 14.2 Å². The Morgan fingerprint density at radius 1 is 0.962 bits per heavy atom. The SMILES string of the molecule is CCc1c(Br)cccc1[N+](=O)[O-].CN.Cl.O=[N+]([O-])c1cccc(Br)c1F. The van der Waals surface area contributed by atoms with Gasteiger partial charge in [-0.2, -0.15) is 4.39 Å². The summed E-state index contributed by atoms with van der Waals surface area (Å²) in [5.41, 5.74) is 4.92. The summed E-state index contributed by atoms with van der Waals surface area (Å²) in [5.74, 6) is -0.836. The number of hydrogen-bond donors (Lipinski definition) is 1. The first-order valence-corrected chi connectivity index (χ1v) is 8.46. The molecule has 0 aliphatic heterocycles. The Hall–Kier alpha value is -1.62. The summed E-state index contributed by atoms with van der Waals surface area (Å²) in [6.07, 6.45) is 0.664. The third-order valence-electron chi connectivity index (χ3n) is 2.77. The first kappa shape index (κ1) is 26.6. The molecule has 0 fully saturated rings. The summed E-state index contributed by atoms with van der Waals surface area (Å²) in [4.78, 5) is 19.5. The van der Waals surface area contributed by atoms with Gasteiger partial charge in [0, 0.05) is 22.2 Å². The van der Waals surface area contributed by atoms with Crippen molar-refractivity contribution in [3.05, 3.63) is 77.0 Å². The lowest BCUT2D eigenvalue weighted by atomic mass is 10.1. The number of benzene rings is 2. The molecule has 2 aromatic carbocycles. The van der Waals surface area contributed by atoms with Crippen LogP contribution in [-0.2, 0) is 6.42 Å². The molecule has 0 aliphatic rings. The van der Waals surface area contributed by atoms with Gasteiger partial charge in [-0.1, -0.05) is 35.0 Å². The molecule has 0 saturated carbocycles. The van der Waals surface area contributed by atoms with Crippen LogP contribution in [0, 0.1) is 26.0 Å². The first-order chi connectivity index (χ1) is 11.8. The molecule has 0 aromatic heterocycles. The van der Waals surface area contributed by atoms with Gasteiger partial charge < -0.3 is 5.73 Å². The molecule has 0 saturated heterocycles. The van der Waals surface area contributed by atoms with E-state index >= 15 is 0 Å². The number of nitrogens with two attached hydrogens (primary N) is 1. The zero-order chi connectivity index (χ0) is 19.6. The quantitative estimate of drug-likeness (QED) is 0.432. The van der Waals surface area contributed by atoms with Gasteiger partial charge in [-0.3, -0.25) is 20.2 Å². The van der Waals surface area contributed by atoms with E-state index in [-0.39, 0.29) is 27.5 Å². The van der Waals surface area contributed by atoms with E-state index in [4.69, 9.17) is 0 Å². The van der Waals surface area contributed by atoms with Crippen LogP contribution in [0.3, 0.4) is 0 Å². The topological polar surface area (TPSA) is 112 Å². The minimum atomic E-state index is -0.836. The highest BCUT2D eigenvalue weighted by atomic mass is 79.9. The van der Waals surface area contributed by atoms with Crippen molar-refractivity contribution in [2.45, 2.75) is 13.3 Å². The van der Waals surface area contributed by atoms with E-state index in [0.29, 0.717) is 6.42 Å². The Morgan fingerprint density at radius 2 is 1.38 bits per heavy atom. The largest absolute Gasteiger partial charge is 0.333 e. The fourth-order valence-corrected chi connectivity index (χ4v) is 2.69. The maximum atomic E-state index is 12.8. The van der Waals surface area contributed by atoms with Crippen molar-refractivity contribution in [3.8, 4) is 0 Å². The van der Waals surface area contributed by atoms with Crippen molar-refractivity contribution in [2.75, 3.05) is 7.05 Å². The smallest absolute Gasteiger partial charge is 0.305 e. The standard InChI is InChI=1S/C8H8BrNO2.C6H3BrFNO2.CH5N.ClH/c1-2-6-7(9)4-3-5-8(6)10(11)12;7-4-2-1-3-5(6(4)8)9(10)11;1-2;/h3-5H,2H2,1H3;1-3H;2H2,1H3;1H. The summed E-state index contributed by atoms with van der Waals surface area (Å²) in [6.45, 7) is 1.90. The van der Waals surface area contributed by atoms with Gasteiger partial charge in [0.1, 0.15) is 0 Å². The monoisotopic (exact) mass is 515 g/mol. The lowest BCUT2D eigenvalue weighted by molar-refractivity contribution is -0.387. The Balaban J connectivity index is 0. The highest BCUT2D eigenvalue weighted by molar-refractivity contribution is 9.10. The number of nitro benzene ring substituents is 2. The Bertz CT molecular complexity index is 751. The van der Waals surface area contributed by atoms with Gasteiger partial charge in [-0.25, -0.2) is 0 Å². The molecule has 0 amide bonds. The molecule has 0 bridgehead atoms. The lowest BCUT2D eigenvalue weighted by Gasteiger charge is -2.00. The predicted octanol–water partition coefficient (Wildman–Crippen LogP) is 5.41. The molecule has 144 valence electrons. The molecule has 0 unspecified atom stereocenters. The predicted molar refractivity (Wildman–Crippen MR) is 108 cm³/mol. The lowest BCUT2D eigenvalue weighted by Crippen LogP contribution is -1.94. The molecule has 0 radical (unpaired) electrons. The summed E-state index contributed by atoms with van der Waals surface area (Å²) < 4.78 is 13.7. The Labute approximate surface area is 172 Å². The third-order valence-corrected chi connectivity index (χ3v) is 4.13. The van der Waals surface area contributed by atoms with Crippen LogP contribution in [0.2, 0.25) is 0 Å². The summed E-state index contributed by atoms with van der Waals surface area (Å²) in [5, 5.41) is 20.6. The zero-order valence-electron chi connectivity index (χ0n) is 13.8. The molecule has 2 N–H and O–H groups in total. The second-order valence-corrected chi connectivity index (χ2v) is 5.89. The van der Waals surface area contributed by atoms with E-state index in [9.17, 15) is 24.6 Å². The number of rotatable bonds is 3. The summed E-state index contributed by atoms with van der Waals surface area (Å²) in [7, 11) is 1.50. The average Bonchev–Trinajstić information content (AvgIpc) is 2.59. The summed E-state index contributed by atoms with van der Waals surface area (Å²) in [6, 6.07) is 8.92. The van der Waals surface area contributed by atoms with E-state index in [1.807, 2.05) is 13.0 Å². The first-order valence-electron chi connectivity index (χ1n) is 6.87. The van der Waals surface area contributed by atoms with E-state index in [1.54, 1.807) is 6.07 Å². The van der Waals surface area contributed by atoms with E-state index < -0.39 is 16.4 Å². The van der Waals surface area contributed by atoms with Crippen molar-refractivity contribution in [1.29, 1.82) is 0 Å². The van der Waals surface area contributed by atoms with Gasteiger partial charge in [0.05, 0.1) is 14.3 Å². The van der Waals surface area contributed by atoms with Gasteiger partial charge in [0.25, 0.3) is 5.69 Å². The highest BCUT2D eigenvalue weighted by Gasteiger charge is 2.15. The highest BCUT2D eigenvalue weighted by Crippen LogP contribution is 2.26. The van der Waals surface area contributed by atoms with Gasteiger partial charge in [0.15, 0.2) is 0 Å². The van der Waals surface area contributed by atoms with Crippen LogP contribution in [0.25, 0.3) is 0 Å². The van der Waals surface area contributed by atoms with Gasteiger partial charge in [-0.15, -0.1) is 12.4 Å². The molecule has 11 heteroatoms. The molecule has 0 spiro atoms.